The van der Waals surface area contributed by atoms with E-state index in [0.717, 1.165) is 12.0 Å². The molecule has 1 aromatic carbocycles. The first-order valence-electron chi connectivity index (χ1n) is 5.66. The highest BCUT2D eigenvalue weighted by Crippen LogP contribution is 2.23. The zero-order chi connectivity index (χ0) is 12.4. The molecular weight excluding hydrogens is 287 g/mol. The second kappa shape index (κ2) is 5.27. The van der Waals surface area contributed by atoms with Gasteiger partial charge in [-0.25, -0.2) is 4.39 Å². The van der Waals surface area contributed by atoms with Crippen LogP contribution in [0.4, 0.5) is 4.39 Å². The molecular formula is C13H14BrFO2. The van der Waals surface area contributed by atoms with Gasteiger partial charge in [-0.1, -0.05) is 13.0 Å². The molecule has 2 rings (SSSR count). The normalized spacial score (nSPS) is 23.9. The van der Waals surface area contributed by atoms with Crippen LogP contribution >= 0.6 is 15.9 Å². The van der Waals surface area contributed by atoms with Gasteiger partial charge in [-0.05, 0) is 46.0 Å². The molecule has 92 valence electrons. The molecule has 0 saturated carbocycles. The fraction of sp³-hybridized carbons (Fsp3) is 0.462. The van der Waals surface area contributed by atoms with E-state index in [9.17, 15) is 9.18 Å². The van der Waals surface area contributed by atoms with Crippen LogP contribution in [0.3, 0.4) is 0 Å². The average Bonchev–Trinajstić information content (AvgIpc) is 2.70. The second-order valence-electron chi connectivity index (χ2n) is 4.45. The number of Topliss-reactive ketones (excluding diaryl/α,β-unsaturated/α-hetero) is 1. The van der Waals surface area contributed by atoms with E-state index in [4.69, 9.17) is 4.74 Å². The summed E-state index contributed by atoms with van der Waals surface area (Å²) >= 11 is 3.11. The Labute approximate surface area is 108 Å². The molecule has 0 bridgehead atoms. The summed E-state index contributed by atoms with van der Waals surface area (Å²) in [6, 6.07) is 4.65. The van der Waals surface area contributed by atoms with Crippen molar-refractivity contribution in [1.82, 2.24) is 0 Å². The Morgan fingerprint density at radius 3 is 2.94 bits per heavy atom. The molecule has 4 heteroatoms. The van der Waals surface area contributed by atoms with Gasteiger partial charge < -0.3 is 4.74 Å². The quantitative estimate of drug-likeness (QED) is 0.857. The molecule has 0 amide bonds. The van der Waals surface area contributed by atoms with Crippen molar-refractivity contribution in [1.29, 1.82) is 0 Å². The summed E-state index contributed by atoms with van der Waals surface area (Å²) in [5.74, 6) is 0.0478. The fourth-order valence-electron chi connectivity index (χ4n) is 2.06. The minimum Gasteiger partial charge on any atom is -0.370 e. The number of hydrogen-bond acceptors (Lipinski definition) is 2. The SMILES string of the molecule is CC1CCOC1C(=O)Cc1ccc(F)c(Br)c1. The molecule has 0 aliphatic carbocycles. The van der Waals surface area contributed by atoms with Gasteiger partial charge in [-0.2, -0.15) is 0 Å². The molecule has 2 unspecified atom stereocenters. The van der Waals surface area contributed by atoms with E-state index in [-0.39, 0.29) is 23.6 Å². The molecule has 0 N–H and O–H groups in total. The smallest absolute Gasteiger partial charge is 0.166 e. The first-order valence-corrected chi connectivity index (χ1v) is 6.45. The van der Waals surface area contributed by atoms with Gasteiger partial charge in [-0.3, -0.25) is 4.79 Å². The number of rotatable bonds is 3. The zero-order valence-corrected chi connectivity index (χ0v) is 11.2. The molecule has 1 aromatic rings. The van der Waals surface area contributed by atoms with Crippen molar-refractivity contribution in [2.75, 3.05) is 6.61 Å². The van der Waals surface area contributed by atoms with Crippen molar-refractivity contribution < 1.29 is 13.9 Å². The molecule has 1 fully saturated rings. The summed E-state index contributed by atoms with van der Waals surface area (Å²) in [5, 5.41) is 0. The van der Waals surface area contributed by atoms with Crippen molar-refractivity contribution in [3.63, 3.8) is 0 Å². The lowest BCUT2D eigenvalue weighted by molar-refractivity contribution is -0.128. The van der Waals surface area contributed by atoms with Crippen LogP contribution in [0.15, 0.2) is 22.7 Å². The Morgan fingerprint density at radius 2 is 2.35 bits per heavy atom. The van der Waals surface area contributed by atoms with Gasteiger partial charge in [0.25, 0.3) is 0 Å². The van der Waals surface area contributed by atoms with E-state index in [0.29, 0.717) is 17.5 Å². The minimum absolute atomic E-state index is 0.0773. The molecule has 17 heavy (non-hydrogen) atoms. The number of halogens is 2. The van der Waals surface area contributed by atoms with Gasteiger partial charge in [-0.15, -0.1) is 0 Å². The topological polar surface area (TPSA) is 26.3 Å². The third-order valence-electron chi connectivity index (χ3n) is 3.07. The van der Waals surface area contributed by atoms with E-state index in [1.165, 1.54) is 6.07 Å². The predicted octanol–water partition coefficient (Wildman–Crippen LogP) is 3.12. The van der Waals surface area contributed by atoms with Gasteiger partial charge in [0.05, 0.1) is 4.47 Å². The second-order valence-corrected chi connectivity index (χ2v) is 5.30. The van der Waals surface area contributed by atoms with Crippen LogP contribution in [-0.2, 0) is 16.0 Å². The molecule has 2 atom stereocenters. The van der Waals surface area contributed by atoms with Crippen LogP contribution in [0.2, 0.25) is 0 Å². The third-order valence-corrected chi connectivity index (χ3v) is 3.67. The number of ketones is 1. The Kier molecular flexibility index (Phi) is 3.94. The highest BCUT2D eigenvalue weighted by Gasteiger charge is 2.30. The van der Waals surface area contributed by atoms with Gasteiger partial charge in [0.2, 0.25) is 0 Å². The average molecular weight is 301 g/mol. The Morgan fingerprint density at radius 1 is 1.59 bits per heavy atom. The molecule has 1 aliphatic heterocycles. The molecule has 0 spiro atoms. The largest absolute Gasteiger partial charge is 0.370 e. The summed E-state index contributed by atoms with van der Waals surface area (Å²) in [5.41, 5.74) is 0.811. The monoisotopic (exact) mass is 300 g/mol. The lowest BCUT2D eigenvalue weighted by atomic mass is 9.96. The van der Waals surface area contributed by atoms with Gasteiger partial charge in [0.1, 0.15) is 11.9 Å². The third kappa shape index (κ3) is 2.93. The van der Waals surface area contributed by atoms with Crippen LogP contribution in [0, 0.1) is 11.7 Å². The van der Waals surface area contributed by atoms with Gasteiger partial charge in [0.15, 0.2) is 5.78 Å². The van der Waals surface area contributed by atoms with Gasteiger partial charge in [0, 0.05) is 13.0 Å². The van der Waals surface area contributed by atoms with Gasteiger partial charge >= 0.3 is 0 Å². The van der Waals surface area contributed by atoms with E-state index in [2.05, 4.69) is 15.9 Å². The minimum atomic E-state index is -0.313. The van der Waals surface area contributed by atoms with Crippen LogP contribution in [0.5, 0.6) is 0 Å². The summed E-state index contributed by atoms with van der Waals surface area (Å²) in [6.07, 6.45) is 0.941. The lowest BCUT2D eigenvalue weighted by Crippen LogP contribution is -2.26. The van der Waals surface area contributed by atoms with E-state index < -0.39 is 0 Å². The predicted molar refractivity (Wildman–Crippen MR) is 66.3 cm³/mol. The van der Waals surface area contributed by atoms with E-state index in [1.54, 1.807) is 12.1 Å². The Balaban J connectivity index is 2.05. The Bertz CT molecular complexity index is 433. The number of benzene rings is 1. The molecule has 0 aromatic heterocycles. The maximum absolute atomic E-state index is 13.0. The van der Waals surface area contributed by atoms with E-state index in [1.807, 2.05) is 6.92 Å². The first-order chi connectivity index (χ1) is 8.08. The molecule has 1 aliphatic rings. The van der Waals surface area contributed by atoms with Crippen LogP contribution < -0.4 is 0 Å². The van der Waals surface area contributed by atoms with Crippen LogP contribution in [0.25, 0.3) is 0 Å². The summed E-state index contributed by atoms with van der Waals surface area (Å²) in [4.78, 5) is 12.0. The summed E-state index contributed by atoms with van der Waals surface area (Å²) < 4.78 is 18.9. The molecule has 1 heterocycles. The van der Waals surface area contributed by atoms with Crippen LogP contribution in [0.1, 0.15) is 18.9 Å². The number of hydrogen-bond donors (Lipinski definition) is 0. The maximum atomic E-state index is 13.0. The zero-order valence-electron chi connectivity index (χ0n) is 9.58. The summed E-state index contributed by atoms with van der Waals surface area (Å²) in [6.45, 7) is 2.68. The molecule has 2 nitrogen and oxygen atoms in total. The van der Waals surface area contributed by atoms with Crippen molar-refractivity contribution in [2.24, 2.45) is 5.92 Å². The number of carbonyl (C=O) groups excluding carboxylic acids is 1. The fourth-order valence-corrected chi connectivity index (χ4v) is 2.48. The summed E-state index contributed by atoms with van der Waals surface area (Å²) in [7, 11) is 0. The molecule has 0 radical (unpaired) electrons. The first kappa shape index (κ1) is 12.7. The lowest BCUT2D eigenvalue weighted by Gasteiger charge is -2.13. The Hall–Kier alpha value is -0.740. The highest BCUT2D eigenvalue weighted by molar-refractivity contribution is 9.10. The molecule has 1 saturated heterocycles. The number of carbonyl (C=O) groups is 1. The van der Waals surface area contributed by atoms with Crippen molar-refractivity contribution in [3.8, 4) is 0 Å². The maximum Gasteiger partial charge on any atom is 0.166 e. The highest BCUT2D eigenvalue weighted by atomic mass is 79.9. The van der Waals surface area contributed by atoms with Crippen molar-refractivity contribution in [2.45, 2.75) is 25.9 Å². The number of ether oxygens (including phenoxy) is 1. The van der Waals surface area contributed by atoms with Crippen LogP contribution in [-0.4, -0.2) is 18.5 Å². The van der Waals surface area contributed by atoms with Crippen molar-refractivity contribution >= 4 is 21.7 Å². The van der Waals surface area contributed by atoms with E-state index >= 15 is 0 Å². The standard InChI is InChI=1S/C13H14BrFO2/c1-8-4-5-17-13(8)12(16)7-9-2-3-11(15)10(14)6-9/h2-3,6,8,13H,4-5,7H2,1H3. The van der Waals surface area contributed by atoms with Crippen molar-refractivity contribution in [3.05, 3.63) is 34.1 Å².